The van der Waals surface area contributed by atoms with E-state index in [2.05, 4.69) is 10.1 Å². The topological polar surface area (TPSA) is 59.7 Å². The molecule has 134 valence electrons. The third-order valence-electron chi connectivity index (χ3n) is 3.77. The molecule has 3 heterocycles. The summed E-state index contributed by atoms with van der Waals surface area (Å²) < 4.78 is 32.1. The molecule has 1 aliphatic rings. The minimum Gasteiger partial charge on any atom is -0.444 e. The summed E-state index contributed by atoms with van der Waals surface area (Å²) in [7, 11) is 0. The number of hydrogen-bond acceptors (Lipinski definition) is 4. The molecule has 0 bridgehead atoms. The fraction of sp³-hybridized carbons (Fsp3) is 0.471. The molecule has 1 amide bonds. The molecule has 0 aliphatic carbocycles. The number of carbonyl (C=O) groups is 1. The standard InChI is InChI=1S/C17H20F2N4O2/c1-17(2,3)25-16(24)22-8-6-11(7-9-22)12-4-5-13-20-15(14(18)19)21-23(13)10-12/h4-6,10,14H,7-9H2,1-3H3. The number of fused-ring (bicyclic) bond motifs is 1. The van der Waals surface area contributed by atoms with Gasteiger partial charge in [0.2, 0.25) is 5.82 Å². The van der Waals surface area contributed by atoms with Crippen molar-refractivity contribution in [1.29, 1.82) is 0 Å². The summed E-state index contributed by atoms with van der Waals surface area (Å²) in [6, 6.07) is 3.49. The van der Waals surface area contributed by atoms with Crippen molar-refractivity contribution in [3.8, 4) is 0 Å². The molecular weight excluding hydrogens is 330 g/mol. The van der Waals surface area contributed by atoms with Crippen LogP contribution in [-0.4, -0.2) is 44.3 Å². The monoisotopic (exact) mass is 350 g/mol. The first-order valence-electron chi connectivity index (χ1n) is 8.05. The average molecular weight is 350 g/mol. The molecule has 0 unspecified atom stereocenters. The van der Waals surface area contributed by atoms with E-state index in [0.29, 0.717) is 25.2 Å². The summed E-state index contributed by atoms with van der Waals surface area (Å²) >= 11 is 0. The van der Waals surface area contributed by atoms with E-state index in [-0.39, 0.29) is 6.09 Å². The summed E-state index contributed by atoms with van der Waals surface area (Å²) in [6.45, 7) is 6.48. The maximum Gasteiger partial charge on any atom is 0.410 e. The number of rotatable bonds is 2. The highest BCUT2D eigenvalue weighted by atomic mass is 19.3. The number of aromatic nitrogens is 3. The smallest absolute Gasteiger partial charge is 0.410 e. The summed E-state index contributed by atoms with van der Waals surface area (Å²) in [6.07, 6.45) is 1.25. The minimum atomic E-state index is -2.69. The van der Waals surface area contributed by atoms with Gasteiger partial charge in [0.15, 0.2) is 5.65 Å². The zero-order valence-corrected chi connectivity index (χ0v) is 14.4. The summed E-state index contributed by atoms with van der Waals surface area (Å²) in [5, 5.41) is 3.79. The van der Waals surface area contributed by atoms with Gasteiger partial charge in [-0.3, -0.25) is 0 Å². The normalized spacial score (nSPS) is 15.6. The number of ether oxygens (including phenoxy) is 1. The highest BCUT2D eigenvalue weighted by Crippen LogP contribution is 2.24. The van der Waals surface area contributed by atoms with Crippen LogP contribution in [0.2, 0.25) is 0 Å². The summed E-state index contributed by atoms with van der Waals surface area (Å²) in [5.74, 6) is -0.481. The van der Waals surface area contributed by atoms with Crippen LogP contribution in [0.4, 0.5) is 13.6 Å². The van der Waals surface area contributed by atoms with Crippen LogP contribution in [0, 0.1) is 0 Å². The SMILES string of the molecule is CC(C)(C)OC(=O)N1CC=C(c2ccc3nc(C(F)F)nn3c2)CC1. The lowest BCUT2D eigenvalue weighted by molar-refractivity contribution is 0.0270. The van der Waals surface area contributed by atoms with E-state index in [4.69, 9.17) is 4.74 Å². The zero-order valence-electron chi connectivity index (χ0n) is 14.4. The predicted octanol–water partition coefficient (Wildman–Crippen LogP) is 3.69. The molecular formula is C17H20F2N4O2. The van der Waals surface area contributed by atoms with Crippen LogP contribution < -0.4 is 0 Å². The van der Waals surface area contributed by atoms with E-state index in [1.165, 1.54) is 4.52 Å². The molecule has 0 saturated carbocycles. The number of pyridine rings is 1. The first kappa shape index (κ1) is 17.3. The van der Waals surface area contributed by atoms with Crippen molar-refractivity contribution in [3.05, 3.63) is 35.8 Å². The Kier molecular flexibility index (Phi) is 4.45. The molecule has 0 saturated heterocycles. The van der Waals surface area contributed by atoms with Gasteiger partial charge in [-0.15, -0.1) is 5.10 Å². The molecule has 0 aromatic carbocycles. The lowest BCUT2D eigenvalue weighted by atomic mass is 10.0. The number of carbonyl (C=O) groups excluding carboxylic acids is 1. The Labute approximate surface area is 144 Å². The molecule has 25 heavy (non-hydrogen) atoms. The Bertz CT molecular complexity index is 824. The van der Waals surface area contributed by atoms with E-state index in [0.717, 1.165) is 11.1 Å². The van der Waals surface area contributed by atoms with Gasteiger partial charge >= 0.3 is 6.09 Å². The quantitative estimate of drug-likeness (QED) is 0.829. The third kappa shape index (κ3) is 3.94. The number of amides is 1. The van der Waals surface area contributed by atoms with Gasteiger partial charge in [0.25, 0.3) is 6.43 Å². The van der Waals surface area contributed by atoms with Gasteiger partial charge in [-0.1, -0.05) is 6.08 Å². The van der Waals surface area contributed by atoms with E-state index in [9.17, 15) is 13.6 Å². The van der Waals surface area contributed by atoms with Gasteiger partial charge in [-0.25, -0.2) is 23.1 Å². The minimum absolute atomic E-state index is 0.337. The Morgan fingerprint density at radius 1 is 1.32 bits per heavy atom. The van der Waals surface area contributed by atoms with Crippen LogP contribution >= 0.6 is 0 Å². The second-order valence-electron chi connectivity index (χ2n) is 6.90. The summed E-state index contributed by atoms with van der Waals surface area (Å²) in [5.41, 5.74) is 1.77. The molecule has 6 nitrogen and oxygen atoms in total. The van der Waals surface area contributed by atoms with Crippen LogP contribution in [-0.2, 0) is 4.74 Å². The molecule has 8 heteroatoms. The van der Waals surface area contributed by atoms with Crippen molar-refractivity contribution >= 4 is 17.3 Å². The molecule has 3 rings (SSSR count). The number of nitrogens with zero attached hydrogens (tertiary/aromatic N) is 4. The fourth-order valence-corrected chi connectivity index (χ4v) is 2.61. The van der Waals surface area contributed by atoms with Gasteiger partial charge in [-0.05, 0) is 50.5 Å². The zero-order chi connectivity index (χ0) is 18.2. The molecule has 0 spiro atoms. The number of alkyl halides is 2. The Balaban J connectivity index is 1.75. The predicted molar refractivity (Wildman–Crippen MR) is 88.3 cm³/mol. The van der Waals surface area contributed by atoms with E-state index < -0.39 is 17.9 Å². The second-order valence-corrected chi connectivity index (χ2v) is 6.90. The van der Waals surface area contributed by atoms with Crippen LogP contribution in [0.25, 0.3) is 11.2 Å². The largest absolute Gasteiger partial charge is 0.444 e. The maximum atomic E-state index is 12.7. The van der Waals surface area contributed by atoms with Gasteiger partial charge < -0.3 is 9.64 Å². The molecule has 2 aromatic rings. The maximum absolute atomic E-state index is 12.7. The Morgan fingerprint density at radius 3 is 2.68 bits per heavy atom. The fourth-order valence-electron chi connectivity index (χ4n) is 2.61. The van der Waals surface area contributed by atoms with Gasteiger partial charge in [-0.2, -0.15) is 0 Å². The van der Waals surface area contributed by atoms with Crippen molar-refractivity contribution in [2.45, 2.75) is 39.2 Å². The van der Waals surface area contributed by atoms with Crippen LogP contribution in [0.5, 0.6) is 0 Å². The first-order chi connectivity index (χ1) is 11.7. The molecule has 0 atom stereocenters. The highest BCUT2D eigenvalue weighted by Gasteiger charge is 2.24. The summed E-state index contributed by atoms with van der Waals surface area (Å²) in [4.78, 5) is 17.5. The second kappa shape index (κ2) is 6.42. The van der Waals surface area contributed by atoms with Crippen LogP contribution in [0.3, 0.4) is 0 Å². The molecule has 1 aliphatic heterocycles. The average Bonchev–Trinajstić information content (AvgIpc) is 2.97. The van der Waals surface area contributed by atoms with E-state index in [1.54, 1.807) is 17.2 Å². The van der Waals surface area contributed by atoms with E-state index in [1.807, 2.05) is 32.9 Å². The molecule has 2 aromatic heterocycles. The van der Waals surface area contributed by atoms with Crippen molar-refractivity contribution in [3.63, 3.8) is 0 Å². The van der Waals surface area contributed by atoms with E-state index >= 15 is 0 Å². The number of hydrogen-bond donors (Lipinski definition) is 0. The first-order valence-corrected chi connectivity index (χ1v) is 8.05. The Morgan fingerprint density at radius 2 is 2.08 bits per heavy atom. The van der Waals surface area contributed by atoms with Gasteiger partial charge in [0.1, 0.15) is 5.60 Å². The highest BCUT2D eigenvalue weighted by molar-refractivity contribution is 5.72. The van der Waals surface area contributed by atoms with Gasteiger partial charge in [0.05, 0.1) is 0 Å². The van der Waals surface area contributed by atoms with Crippen LogP contribution in [0.1, 0.15) is 45.0 Å². The van der Waals surface area contributed by atoms with Crippen molar-refractivity contribution in [2.75, 3.05) is 13.1 Å². The van der Waals surface area contributed by atoms with Crippen molar-refractivity contribution < 1.29 is 18.3 Å². The van der Waals surface area contributed by atoms with Crippen molar-refractivity contribution in [1.82, 2.24) is 19.5 Å². The molecule has 0 N–H and O–H groups in total. The van der Waals surface area contributed by atoms with Crippen molar-refractivity contribution in [2.24, 2.45) is 0 Å². The molecule has 0 fully saturated rings. The Hall–Kier alpha value is -2.51. The van der Waals surface area contributed by atoms with Gasteiger partial charge in [0, 0.05) is 19.3 Å². The lowest BCUT2D eigenvalue weighted by Gasteiger charge is -2.29. The lowest BCUT2D eigenvalue weighted by Crippen LogP contribution is -2.39. The number of halogens is 2. The van der Waals surface area contributed by atoms with Crippen LogP contribution in [0.15, 0.2) is 24.4 Å². The third-order valence-corrected chi connectivity index (χ3v) is 3.77. The molecule has 0 radical (unpaired) electrons.